The second-order valence-corrected chi connectivity index (χ2v) is 6.43. The molecule has 3 atom stereocenters. The molecular weight excluding hydrogens is 282 g/mol. The van der Waals surface area contributed by atoms with E-state index >= 15 is 0 Å². The maximum absolute atomic E-state index is 5.82. The molecule has 0 radical (unpaired) electrons. The Balaban J connectivity index is 1.42. The molecule has 2 aliphatic heterocycles. The standard InChI is InChI=1S/C16H21N3O3/c1-11-17-16(22-18-11)5-12-9-20-10-13-6-19(8-15(12)13)7-14-3-2-4-21-14/h2-4,12-13,15H,5-10H2,1H3/t12-,13-,15+/m1/s1. The van der Waals surface area contributed by atoms with E-state index in [2.05, 4.69) is 15.0 Å². The van der Waals surface area contributed by atoms with E-state index in [1.807, 2.05) is 19.1 Å². The van der Waals surface area contributed by atoms with Gasteiger partial charge in [0, 0.05) is 19.5 Å². The van der Waals surface area contributed by atoms with Crippen LogP contribution in [0.4, 0.5) is 0 Å². The monoisotopic (exact) mass is 303 g/mol. The molecule has 118 valence electrons. The third kappa shape index (κ3) is 2.80. The average Bonchev–Trinajstić information content (AvgIpc) is 3.21. The predicted molar refractivity (Wildman–Crippen MR) is 78.0 cm³/mol. The Kier molecular flexibility index (Phi) is 3.72. The Morgan fingerprint density at radius 2 is 2.27 bits per heavy atom. The van der Waals surface area contributed by atoms with Crippen LogP contribution in [0.2, 0.25) is 0 Å². The van der Waals surface area contributed by atoms with Crippen LogP contribution >= 0.6 is 0 Å². The molecule has 0 N–H and O–H groups in total. The average molecular weight is 303 g/mol. The van der Waals surface area contributed by atoms with Gasteiger partial charge in [-0.25, -0.2) is 0 Å². The summed E-state index contributed by atoms with van der Waals surface area (Å²) < 4.78 is 16.6. The molecule has 4 rings (SSSR count). The van der Waals surface area contributed by atoms with Gasteiger partial charge in [0.1, 0.15) is 5.76 Å². The quantitative estimate of drug-likeness (QED) is 0.859. The fraction of sp³-hybridized carbons (Fsp3) is 0.625. The van der Waals surface area contributed by atoms with Gasteiger partial charge in [-0.05, 0) is 36.8 Å². The van der Waals surface area contributed by atoms with E-state index in [9.17, 15) is 0 Å². The van der Waals surface area contributed by atoms with Crippen LogP contribution in [-0.2, 0) is 17.7 Å². The molecule has 2 aromatic heterocycles. The van der Waals surface area contributed by atoms with Crippen LogP contribution in [0.3, 0.4) is 0 Å². The van der Waals surface area contributed by atoms with Crippen molar-refractivity contribution in [1.29, 1.82) is 0 Å². The highest BCUT2D eigenvalue weighted by atomic mass is 16.5. The number of fused-ring (bicyclic) bond motifs is 1. The first-order valence-corrected chi connectivity index (χ1v) is 7.89. The van der Waals surface area contributed by atoms with Crippen molar-refractivity contribution >= 4 is 0 Å². The van der Waals surface area contributed by atoms with Crippen molar-refractivity contribution in [3.05, 3.63) is 35.9 Å². The van der Waals surface area contributed by atoms with E-state index in [4.69, 9.17) is 13.7 Å². The van der Waals surface area contributed by atoms with Gasteiger partial charge in [-0.3, -0.25) is 4.90 Å². The molecule has 0 amide bonds. The molecule has 2 aromatic rings. The van der Waals surface area contributed by atoms with Crippen LogP contribution in [0, 0.1) is 24.7 Å². The molecule has 0 bridgehead atoms. The summed E-state index contributed by atoms with van der Waals surface area (Å²) >= 11 is 0. The van der Waals surface area contributed by atoms with Gasteiger partial charge in [-0.1, -0.05) is 5.16 Å². The SMILES string of the molecule is Cc1noc(C[C@@H]2COC[C@H]3CN(Cc4ccco4)C[C@@H]23)n1. The van der Waals surface area contributed by atoms with E-state index in [1.165, 1.54) is 0 Å². The van der Waals surface area contributed by atoms with Crippen LogP contribution in [0.5, 0.6) is 0 Å². The number of likely N-dealkylation sites (tertiary alicyclic amines) is 1. The van der Waals surface area contributed by atoms with Gasteiger partial charge < -0.3 is 13.7 Å². The lowest BCUT2D eigenvalue weighted by Gasteiger charge is -2.32. The molecule has 2 saturated heterocycles. The third-order valence-electron chi connectivity index (χ3n) is 4.80. The second-order valence-electron chi connectivity index (χ2n) is 6.43. The third-order valence-corrected chi connectivity index (χ3v) is 4.80. The van der Waals surface area contributed by atoms with Gasteiger partial charge in [-0.2, -0.15) is 4.98 Å². The molecular formula is C16H21N3O3. The summed E-state index contributed by atoms with van der Waals surface area (Å²) in [5, 5.41) is 3.88. The Morgan fingerprint density at radius 3 is 3.05 bits per heavy atom. The highest BCUT2D eigenvalue weighted by Gasteiger charge is 2.41. The van der Waals surface area contributed by atoms with Crippen LogP contribution in [0.25, 0.3) is 0 Å². The molecule has 6 nitrogen and oxygen atoms in total. The summed E-state index contributed by atoms with van der Waals surface area (Å²) in [6.07, 6.45) is 2.55. The lowest BCUT2D eigenvalue weighted by molar-refractivity contribution is -0.0110. The number of aromatic nitrogens is 2. The number of furan rings is 1. The minimum atomic E-state index is 0.459. The predicted octanol–water partition coefficient (Wildman–Crippen LogP) is 1.91. The summed E-state index contributed by atoms with van der Waals surface area (Å²) in [7, 11) is 0. The van der Waals surface area contributed by atoms with Gasteiger partial charge in [-0.15, -0.1) is 0 Å². The molecule has 0 aliphatic carbocycles. The summed E-state index contributed by atoms with van der Waals surface area (Å²) in [5.74, 6) is 4.16. The van der Waals surface area contributed by atoms with Crippen LogP contribution in [0.1, 0.15) is 17.5 Å². The molecule has 4 heterocycles. The number of hydrogen-bond donors (Lipinski definition) is 0. The fourth-order valence-corrected chi connectivity index (χ4v) is 3.80. The normalized spacial score (nSPS) is 28.9. The number of ether oxygens (including phenoxy) is 1. The topological polar surface area (TPSA) is 64.5 Å². The van der Waals surface area contributed by atoms with Gasteiger partial charge >= 0.3 is 0 Å². The second kappa shape index (κ2) is 5.85. The molecule has 0 aromatic carbocycles. The Labute approximate surface area is 129 Å². The number of nitrogens with zero attached hydrogens (tertiary/aromatic N) is 3. The summed E-state index contributed by atoms with van der Waals surface area (Å²) in [5.41, 5.74) is 0. The van der Waals surface area contributed by atoms with Crippen molar-refractivity contribution in [3.8, 4) is 0 Å². The number of aryl methyl sites for hydroxylation is 1. The van der Waals surface area contributed by atoms with Crippen LogP contribution in [-0.4, -0.2) is 41.3 Å². The number of hydrogen-bond acceptors (Lipinski definition) is 6. The van der Waals surface area contributed by atoms with E-state index < -0.39 is 0 Å². The summed E-state index contributed by atoms with van der Waals surface area (Å²) in [6.45, 7) is 6.55. The zero-order valence-electron chi connectivity index (χ0n) is 12.8. The van der Waals surface area contributed by atoms with Gasteiger partial charge in [0.15, 0.2) is 5.82 Å². The van der Waals surface area contributed by atoms with Crippen molar-refractivity contribution < 1.29 is 13.7 Å². The highest BCUT2D eigenvalue weighted by molar-refractivity contribution is 5.01. The zero-order chi connectivity index (χ0) is 14.9. The van der Waals surface area contributed by atoms with Gasteiger partial charge in [0.25, 0.3) is 0 Å². The zero-order valence-corrected chi connectivity index (χ0v) is 12.8. The largest absolute Gasteiger partial charge is 0.468 e. The first-order chi connectivity index (χ1) is 10.8. The summed E-state index contributed by atoms with van der Waals surface area (Å²) in [6, 6.07) is 3.99. The molecule has 6 heteroatoms. The minimum Gasteiger partial charge on any atom is -0.468 e. The minimum absolute atomic E-state index is 0.459. The van der Waals surface area contributed by atoms with Crippen molar-refractivity contribution in [2.24, 2.45) is 17.8 Å². The molecule has 2 aliphatic rings. The first kappa shape index (κ1) is 14.0. The highest BCUT2D eigenvalue weighted by Crippen LogP contribution is 2.36. The van der Waals surface area contributed by atoms with Gasteiger partial charge in [0.2, 0.25) is 5.89 Å². The van der Waals surface area contributed by atoms with Crippen molar-refractivity contribution in [2.45, 2.75) is 19.9 Å². The van der Waals surface area contributed by atoms with E-state index in [1.54, 1.807) is 6.26 Å². The summed E-state index contributed by atoms with van der Waals surface area (Å²) in [4.78, 5) is 6.80. The molecule has 22 heavy (non-hydrogen) atoms. The number of rotatable bonds is 4. The maximum Gasteiger partial charge on any atom is 0.227 e. The van der Waals surface area contributed by atoms with Crippen molar-refractivity contribution in [3.63, 3.8) is 0 Å². The Bertz CT molecular complexity index is 610. The van der Waals surface area contributed by atoms with Crippen molar-refractivity contribution in [2.75, 3.05) is 26.3 Å². The molecule has 2 fully saturated rings. The molecule has 0 unspecified atom stereocenters. The fourth-order valence-electron chi connectivity index (χ4n) is 3.80. The van der Waals surface area contributed by atoms with Crippen molar-refractivity contribution in [1.82, 2.24) is 15.0 Å². The van der Waals surface area contributed by atoms with E-state index in [0.717, 1.165) is 50.9 Å². The van der Waals surface area contributed by atoms with Crippen LogP contribution < -0.4 is 0 Å². The van der Waals surface area contributed by atoms with Gasteiger partial charge in [0.05, 0.1) is 26.0 Å². The lowest BCUT2D eigenvalue weighted by Crippen LogP contribution is -2.36. The smallest absolute Gasteiger partial charge is 0.227 e. The lowest BCUT2D eigenvalue weighted by atomic mass is 9.81. The Hall–Kier alpha value is -1.66. The maximum atomic E-state index is 5.82. The van der Waals surface area contributed by atoms with E-state index in [0.29, 0.717) is 23.6 Å². The molecule has 0 spiro atoms. The van der Waals surface area contributed by atoms with E-state index in [-0.39, 0.29) is 0 Å². The van der Waals surface area contributed by atoms with Crippen LogP contribution in [0.15, 0.2) is 27.3 Å². The molecule has 0 saturated carbocycles. The first-order valence-electron chi connectivity index (χ1n) is 7.89. The Morgan fingerprint density at radius 1 is 1.32 bits per heavy atom.